The minimum atomic E-state index is -2.97. The fraction of sp³-hybridized carbons (Fsp3) is 0.769. The molecule has 0 radical (unpaired) electrons. The van der Waals surface area contributed by atoms with Crippen LogP contribution in [0.4, 0.5) is 0 Å². The first-order valence-corrected chi connectivity index (χ1v) is 9.79. The Hall–Kier alpha value is -1.84. The Morgan fingerprint density at radius 3 is 2.70 bits per heavy atom. The van der Waals surface area contributed by atoms with Gasteiger partial charge >= 0.3 is 0 Å². The minimum Gasteiger partial charge on any atom is -0.244 e. The maximum Gasteiger partial charge on any atom is 0.154 e. The second-order valence-electron chi connectivity index (χ2n) is 6.38. The fourth-order valence-corrected chi connectivity index (χ4v) is 5.19. The fourth-order valence-electron chi connectivity index (χ4n) is 3.50. The monoisotopic (exact) mass is 337 g/mol. The van der Waals surface area contributed by atoms with Gasteiger partial charge in [0.2, 0.25) is 0 Å². The van der Waals surface area contributed by atoms with Crippen molar-refractivity contribution in [2.45, 2.75) is 50.6 Å². The van der Waals surface area contributed by atoms with Gasteiger partial charge in [0.05, 0.1) is 17.5 Å². The van der Waals surface area contributed by atoms with Crippen molar-refractivity contribution in [2.75, 3.05) is 11.5 Å². The second-order valence-corrected chi connectivity index (χ2v) is 8.61. The van der Waals surface area contributed by atoms with Crippen LogP contribution in [-0.4, -0.2) is 54.9 Å². The number of hydrogen-bond acceptors (Lipinski definition) is 7. The van der Waals surface area contributed by atoms with Crippen LogP contribution in [0.3, 0.4) is 0 Å². The normalized spacial score (nSPS) is 24.4. The van der Waals surface area contributed by atoms with Crippen LogP contribution < -0.4 is 0 Å². The van der Waals surface area contributed by atoms with Gasteiger partial charge in [-0.1, -0.05) is 12.8 Å². The Morgan fingerprint density at radius 1 is 1.22 bits per heavy atom. The van der Waals surface area contributed by atoms with Crippen molar-refractivity contribution >= 4 is 9.84 Å². The molecule has 0 spiro atoms. The van der Waals surface area contributed by atoms with Gasteiger partial charge in [0, 0.05) is 5.92 Å². The second kappa shape index (κ2) is 5.66. The zero-order valence-electron chi connectivity index (χ0n) is 12.7. The summed E-state index contributed by atoms with van der Waals surface area (Å²) in [4.78, 5) is 4.70. The van der Waals surface area contributed by atoms with Crippen LogP contribution in [0, 0.1) is 0 Å². The van der Waals surface area contributed by atoms with Gasteiger partial charge < -0.3 is 0 Å². The third-order valence-electron chi connectivity index (χ3n) is 4.69. The highest BCUT2D eigenvalue weighted by molar-refractivity contribution is 7.91. The summed E-state index contributed by atoms with van der Waals surface area (Å²) in [5, 5.41) is 15.8. The summed E-state index contributed by atoms with van der Waals surface area (Å²) < 4.78 is 27.0. The Morgan fingerprint density at radius 2 is 2.04 bits per heavy atom. The number of sulfone groups is 1. The van der Waals surface area contributed by atoms with E-state index in [9.17, 15) is 8.42 Å². The SMILES string of the molecule is O=S1(=O)CC[C@@H](n2nc(C3CCCC3)nc2Cn2cnnn2)C1. The molecule has 0 bridgehead atoms. The van der Waals surface area contributed by atoms with E-state index in [1.165, 1.54) is 19.2 Å². The van der Waals surface area contributed by atoms with Crippen molar-refractivity contribution in [2.24, 2.45) is 0 Å². The zero-order chi connectivity index (χ0) is 15.9. The first-order valence-electron chi connectivity index (χ1n) is 7.97. The van der Waals surface area contributed by atoms with Crippen LogP contribution in [0.1, 0.15) is 55.7 Å². The van der Waals surface area contributed by atoms with Crippen molar-refractivity contribution in [3.8, 4) is 0 Å². The number of aromatic nitrogens is 7. The van der Waals surface area contributed by atoms with Crippen LogP contribution in [0.2, 0.25) is 0 Å². The molecule has 23 heavy (non-hydrogen) atoms. The van der Waals surface area contributed by atoms with E-state index >= 15 is 0 Å². The highest BCUT2D eigenvalue weighted by Crippen LogP contribution is 2.33. The predicted octanol–water partition coefficient (Wildman–Crippen LogP) is 0.330. The van der Waals surface area contributed by atoms with Crippen LogP contribution in [0.25, 0.3) is 0 Å². The van der Waals surface area contributed by atoms with E-state index in [1.54, 1.807) is 9.36 Å². The molecule has 0 amide bonds. The van der Waals surface area contributed by atoms with Crippen molar-refractivity contribution in [1.29, 1.82) is 0 Å². The highest BCUT2D eigenvalue weighted by atomic mass is 32.2. The van der Waals surface area contributed by atoms with E-state index in [4.69, 9.17) is 4.98 Å². The molecule has 0 unspecified atom stereocenters. The molecule has 1 saturated carbocycles. The lowest BCUT2D eigenvalue weighted by molar-refractivity contribution is 0.457. The van der Waals surface area contributed by atoms with Crippen LogP contribution in [-0.2, 0) is 16.4 Å². The van der Waals surface area contributed by atoms with Crippen molar-refractivity contribution in [3.05, 3.63) is 18.0 Å². The molecule has 9 nitrogen and oxygen atoms in total. The van der Waals surface area contributed by atoms with E-state index in [1.807, 2.05) is 0 Å². The van der Waals surface area contributed by atoms with Gasteiger partial charge in [0.25, 0.3) is 0 Å². The molecule has 10 heteroatoms. The summed E-state index contributed by atoms with van der Waals surface area (Å²) in [5.41, 5.74) is 0. The van der Waals surface area contributed by atoms with Crippen LogP contribution in [0.15, 0.2) is 6.33 Å². The largest absolute Gasteiger partial charge is 0.244 e. The molecule has 3 heterocycles. The van der Waals surface area contributed by atoms with Gasteiger partial charge in [-0.2, -0.15) is 5.10 Å². The van der Waals surface area contributed by atoms with E-state index in [0.717, 1.165) is 24.5 Å². The van der Waals surface area contributed by atoms with E-state index in [2.05, 4.69) is 20.6 Å². The summed E-state index contributed by atoms with van der Waals surface area (Å²) in [6.07, 6.45) is 6.76. The molecule has 2 fully saturated rings. The molecular formula is C13H19N7O2S. The van der Waals surface area contributed by atoms with Gasteiger partial charge in [0.15, 0.2) is 15.7 Å². The standard InChI is InChI=1S/C13H19N7O2S/c21-23(22)6-5-11(8-23)20-12(7-19-9-14-17-18-19)15-13(16-20)10-3-1-2-4-10/h9-11H,1-8H2/t11-/m1/s1. The molecule has 0 N–H and O–H groups in total. The lowest BCUT2D eigenvalue weighted by Gasteiger charge is -2.11. The van der Waals surface area contributed by atoms with E-state index < -0.39 is 9.84 Å². The maximum atomic E-state index is 11.8. The summed E-state index contributed by atoms with van der Waals surface area (Å²) in [6.45, 7) is 0.406. The number of nitrogens with zero attached hydrogens (tertiary/aromatic N) is 7. The van der Waals surface area contributed by atoms with Gasteiger partial charge in [-0.25, -0.2) is 22.8 Å². The summed E-state index contributed by atoms with van der Waals surface area (Å²) in [5.74, 6) is 2.34. The lowest BCUT2D eigenvalue weighted by atomic mass is 10.1. The number of tetrazole rings is 1. The number of hydrogen-bond donors (Lipinski definition) is 0. The molecule has 2 aromatic heterocycles. The smallest absolute Gasteiger partial charge is 0.154 e. The molecule has 0 aromatic carbocycles. The Labute approximate surface area is 134 Å². The van der Waals surface area contributed by atoms with Crippen LogP contribution in [0.5, 0.6) is 0 Å². The quantitative estimate of drug-likeness (QED) is 0.791. The maximum absolute atomic E-state index is 11.8. The zero-order valence-corrected chi connectivity index (χ0v) is 13.6. The lowest BCUT2D eigenvalue weighted by Crippen LogP contribution is -2.17. The first kappa shape index (κ1) is 14.7. The third-order valence-corrected chi connectivity index (χ3v) is 6.44. The highest BCUT2D eigenvalue weighted by Gasteiger charge is 2.33. The topological polar surface area (TPSA) is 108 Å². The minimum absolute atomic E-state index is 0.130. The molecular weight excluding hydrogens is 318 g/mol. The molecule has 124 valence electrons. The molecule has 1 aliphatic heterocycles. The molecule has 1 saturated heterocycles. The first-order chi connectivity index (χ1) is 11.1. The Bertz CT molecular complexity index is 777. The molecule has 2 aromatic rings. The van der Waals surface area contributed by atoms with Crippen LogP contribution >= 0.6 is 0 Å². The molecule has 2 aliphatic rings. The Balaban J connectivity index is 1.67. The summed E-state index contributed by atoms with van der Waals surface area (Å²) >= 11 is 0. The molecule has 1 atom stereocenters. The third kappa shape index (κ3) is 2.99. The van der Waals surface area contributed by atoms with Crippen molar-refractivity contribution in [1.82, 2.24) is 35.0 Å². The van der Waals surface area contributed by atoms with Gasteiger partial charge in [-0.15, -0.1) is 5.10 Å². The predicted molar refractivity (Wildman–Crippen MR) is 80.5 cm³/mol. The van der Waals surface area contributed by atoms with Crippen molar-refractivity contribution in [3.63, 3.8) is 0 Å². The molecule has 1 aliphatic carbocycles. The van der Waals surface area contributed by atoms with E-state index in [-0.39, 0.29) is 17.5 Å². The Kier molecular flexibility index (Phi) is 3.63. The average molecular weight is 337 g/mol. The van der Waals surface area contributed by atoms with Crippen molar-refractivity contribution < 1.29 is 8.42 Å². The average Bonchev–Trinajstić information content (AvgIpc) is 3.25. The molecule has 4 rings (SSSR count). The van der Waals surface area contributed by atoms with Gasteiger partial charge in [-0.05, 0) is 29.7 Å². The van der Waals surface area contributed by atoms with Gasteiger partial charge in [-0.3, -0.25) is 0 Å². The summed E-state index contributed by atoms with van der Waals surface area (Å²) in [7, 11) is -2.97. The van der Waals surface area contributed by atoms with E-state index in [0.29, 0.717) is 18.9 Å². The summed E-state index contributed by atoms with van der Waals surface area (Å²) in [6, 6.07) is -0.130. The number of rotatable bonds is 4. The van der Waals surface area contributed by atoms with Gasteiger partial charge in [0.1, 0.15) is 18.7 Å².